The second kappa shape index (κ2) is 5.23. The zero-order valence-electron chi connectivity index (χ0n) is 10.2. The predicted octanol–water partition coefficient (Wildman–Crippen LogP) is 2.96. The lowest BCUT2D eigenvalue weighted by Gasteiger charge is -2.02. The molecule has 0 bridgehead atoms. The second-order valence-corrected chi connectivity index (χ2v) is 4.87. The number of rotatable bonds is 2. The van der Waals surface area contributed by atoms with Gasteiger partial charge in [-0.05, 0) is 33.3 Å². The Bertz CT molecular complexity index is 789. The molecule has 0 atom stereocenters. The van der Waals surface area contributed by atoms with Crippen LogP contribution in [0.15, 0.2) is 53.0 Å². The van der Waals surface area contributed by atoms with Gasteiger partial charge in [-0.1, -0.05) is 36.4 Å². The van der Waals surface area contributed by atoms with E-state index in [1.54, 1.807) is 12.1 Å². The van der Waals surface area contributed by atoms with Crippen molar-refractivity contribution < 1.29 is 0 Å². The van der Waals surface area contributed by atoms with Gasteiger partial charge < -0.3 is 0 Å². The molecule has 0 saturated heterocycles. The van der Waals surface area contributed by atoms with Crippen LogP contribution in [0, 0.1) is 11.3 Å². The van der Waals surface area contributed by atoms with E-state index < -0.39 is 0 Å². The van der Waals surface area contributed by atoms with E-state index in [1.165, 1.54) is 4.80 Å². The number of halogens is 1. The van der Waals surface area contributed by atoms with Crippen LogP contribution in [0.4, 0.5) is 0 Å². The van der Waals surface area contributed by atoms with Crippen molar-refractivity contribution in [3.8, 4) is 23.1 Å². The molecule has 0 amide bonds. The van der Waals surface area contributed by atoms with Crippen LogP contribution in [0.2, 0.25) is 0 Å². The standard InChI is InChI=1S/C14H8BrN5/c15-12-7-4-8-13(11(12)9-16)20-18-14(17-19-20)10-5-2-1-3-6-10/h1-8H. The average molecular weight is 326 g/mol. The lowest BCUT2D eigenvalue weighted by molar-refractivity contribution is 0.718. The average Bonchev–Trinajstić information content (AvgIpc) is 2.97. The summed E-state index contributed by atoms with van der Waals surface area (Å²) in [4.78, 5) is 1.37. The summed E-state index contributed by atoms with van der Waals surface area (Å²) in [6.07, 6.45) is 0. The minimum atomic E-state index is 0.476. The number of tetrazole rings is 1. The third-order valence-corrected chi connectivity index (χ3v) is 3.43. The molecular weight excluding hydrogens is 318 g/mol. The second-order valence-electron chi connectivity index (χ2n) is 4.01. The number of nitrogens with zero attached hydrogens (tertiary/aromatic N) is 5. The first-order valence-corrected chi connectivity index (χ1v) is 6.63. The molecule has 6 heteroatoms. The van der Waals surface area contributed by atoms with Crippen LogP contribution in [0.1, 0.15) is 5.56 Å². The first-order valence-electron chi connectivity index (χ1n) is 5.84. The largest absolute Gasteiger partial charge is 0.205 e. The van der Waals surface area contributed by atoms with Crippen molar-refractivity contribution in [2.24, 2.45) is 0 Å². The van der Waals surface area contributed by atoms with Crippen LogP contribution in [-0.4, -0.2) is 20.2 Å². The SMILES string of the molecule is N#Cc1c(Br)cccc1-n1nnc(-c2ccccc2)n1. The van der Waals surface area contributed by atoms with Crippen molar-refractivity contribution in [2.45, 2.75) is 0 Å². The first kappa shape index (κ1) is 12.5. The topological polar surface area (TPSA) is 67.4 Å². The van der Waals surface area contributed by atoms with E-state index in [0.717, 1.165) is 5.56 Å². The smallest absolute Gasteiger partial charge is 0.192 e. The van der Waals surface area contributed by atoms with Crippen LogP contribution in [-0.2, 0) is 0 Å². The molecule has 5 nitrogen and oxygen atoms in total. The number of hydrogen-bond acceptors (Lipinski definition) is 4. The van der Waals surface area contributed by atoms with Crippen molar-refractivity contribution in [2.75, 3.05) is 0 Å². The van der Waals surface area contributed by atoms with E-state index in [-0.39, 0.29) is 0 Å². The molecule has 2 aromatic carbocycles. The minimum absolute atomic E-state index is 0.476. The molecule has 0 fully saturated rings. The molecule has 0 N–H and O–H groups in total. The highest BCUT2D eigenvalue weighted by Gasteiger charge is 2.12. The van der Waals surface area contributed by atoms with E-state index in [0.29, 0.717) is 21.5 Å². The minimum Gasteiger partial charge on any atom is -0.192 e. The van der Waals surface area contributed by atoms with Gasteiger partial charge in [0.25, 0.3) is 0 Å². The Balaban J connectivity index is 2.08. The number of benzene rings is 2. The molecule has 0 aliphatic heterocycles. The Morgan fingerprint density at radius 1 is 1.05 bits per heavy atom. The van der Waals surface area contributed by atoms with E-state index in [2.05, 4.69) is 37.4 Å². The molecule has 96 valence electrons. The lowest BCUT2D eigenvalue weighted by Crippen LogP contribution is -2.02. The molecule has 0 radical (unpaired) electrons. The number of aromatic nitrogens is 4. The van der Waals surface area contributed by atoms with Gasteiger partial charge in [-0.15, -0.1) is 15.0 Å². The molecule has 3 rings (SSSR count). The van der Waals surface area contributed by atoms with Crippen molar-refractivity contribution in [1.29, 1.82) is 5.26 Å². The van der Waals surface area contributed by atoms with Gasteiger partial charge in [0.2, 0.25) is 5.82 Å². The summed E-state index contributed by atoms with van der Waals surface area (Å²) < 4.78 is 0.705. The quantitative estimate of drug-likeness (QED) is 0.726. The van der Waals surface area contributed by atoms with Gasteiger partial charge >= 0.3 is 0 Å². The summed E-state index contributed by atoms with van der Waals surface area (Å²) >= 11 is 3.34. The monoisotopic (exact) mass is 325 g/mol. The van der Waals surface area contributed by atoms with E-state index in [9.17, 15) is 5.26 Å². The maximum absolute atomic E-state index is 9.22. The number of nitriles is 1. The molecule has 20 heavy (non-hydrogen) atoms. The number of hydrogen-bond donors (Lipinski definition) is 0. The highest BCUT2D eigenvalue weighted by Crippen LogP contribution is 2.22. The van der Waals surface area contributed by atoms with Gasteiger partial charge in [0.05, 0.1) is 5.56 Å². The van der Waals surface area contributed by atoms with Crippen LogP contribution >= 0.6 is 15.9 Å². The van der Waals surface area contributed by atoms with Crippen LogP contribution in [0.25, 0.3) is 17.1 Å². The zero-order chi connectivity index (χ0) is 13.9. The van der Waals surface area contributed by atoms with Gasteiger partial charge in [-0.3, -0.25) is 0 Å². The Hall–Kier alpha value is -2.52. The summed E-state index contributed by atoms with van der Waals surface area (Å²) in [5.41, 5.74) is 1.95. The fraction of sp³-hybridized carbons (Fsp3) is 0. The van der Waals surface area contributed by atoms with Crippen molar-refractivity contribution in [1.82, 2.24) is 20.2 Å². The molecule has 0 aliphatic rings. The Morgan fingerprint density at radius 3 is 2.60 bits per heavy atom. The van der Waals surface area contributed by atoms with E-state index in [4.69, 9.17) is 0 Å². The first-order chi connectivity index (χ1) is 9.79. The third kappa shape index (κ3) is 2.19. The molecule has 1 aromatic heterocycles. The van der Waals surface area contributed by atoms with Crippen LogP contribution in [0.5, 0.6) is 0 Å². The van der Waals surface area contributed by atoms with Crippen LogP contribution < -0.4 is 0 Å². The van der Waals surface area contributed by atoms with Crippen molar-refractivity contribution >= 4 is 15.9 Å². The highest BCUT2D eigenvalue weighted by molar-refractivity contribution is 9.10. The van der Waals surface area contributed by atoms with Gasteiger partial charge in [0.1, 0.15) is 11.8 Å². The fourth-order valence-electron chi connectivity index (χ4n) is 1.81. The summed E-state index contributed by atoms with van der Waals surface area (Å²) in [6.45, 7) is 0. The zero-order valence-corrected chi connectivity index (χ0v) is 11.8. The molecule has 0 unspecified atom stereocenters. The highest BCUT2D eigenvalue weighted by atomic mass is 79.9. The summed E-state index contributed by atoms with van der Waals surface area (Å²) in [5, 5.41) is 21.6. The molecule has 1 heterocycles. The van der Waals surface area contributed by atoms with Gasteiger partial charge in [0.15, 0.2) is 0 Å². The van der Waals surface area contributed by atoms with Gasteiger partial charge in [-0.25, -0.2) is 0 Å². The summed E-state index contributed by atoms with van der Waals surface area (Å²) in [7, 11) is 0. The normalized spacial score (nSPS) is 10.2. The molecular formula is C14H8BrN5. The van der Waals surface area contributed by atoms with Gasteiger partial charge in [-0.2, -0.15) is 5.26 Å². The maximum Gasteiger partial charge on any atom is 0.205 e. The molecule has 0 aliphatic carbocycles. The van der Waals surface area contributed by atoms with Gasteiger partial charge in [0, 0.05) is 10.0 Å². The Morgan fingerprint density at radius 2 is 1.85 bits per heavy atom. The molecule has 3 aromatic rings. The third-order valence-electron chi connectivity index (χ3n) is 2.76. The van der Waals surface area contributed by atoms with Crippen molar-refractivity contribution in [3.63, 3.8) is 0 Å². The molecule has 0 spiro atoms. The predicted molar refractivity (Wildman–Crippen MR) is 77.0 cm³/mol. The Kier molecular flexibility index (Phi) is 3.27. The van der Waals surface area contributed by atoms with E-state index >= 15 is 0 Å². The lowest BCUT2D eigenvalue weighted by atomic mass is 10.2. The maximum atomic E-state index is 9.22. The fourth-order valence-corrected chi connectivity index (χ4v) is 2.25. The molecule has 0 saturated carbocycles. The Labute approximate surface area is 123 Å². The summed E-state index contributed by atoms with van der Waals surface area (Å²) in [6, 6.07) is 17.1. The van der Waals surface area contributed by atoms with Crippen molar-refractivity contribution in [3.05, 3.63) is 58.6 Å². The van der Waals surface area contributed by atoms with E-state index in [1.807, 2.05) is 36.4 Å². The summed E-state index contributed by atoms with van der Waals surface area (Å²) in [5.74, 6) is 0.523. The van der Waals surface area contributed by atoms with Crippen LogP contribution in [0.3, 0.4) is 0 Å².